The fraction of sp³-hybridized carbons (Fsp3) is 0.812. The van der Waals surface area contributed by atoms with E-state index in [-0.39, 0.29) is 24.4 Å². The van der Waals surface area contributed by atoms with Crippen LogP contribution in [0.2, 0.25) is 0 Å². The molecule has 5 nitrogen and oxygen atoms in total. The van der Waals surface area contributed by atoms with Crippen LogP contribution in [0.4, 0.5) is 0 Å². The topological polar surface area (TPSA) is 98.0 Å². The summed E-state index contributed by atoms with van der Waals surface area (Å²) in [4.78, 5) is 10.4. The number of unbranched alkanes of at least 4 members (excludes halogenated alkanes) is 1. The molecule has 0 spiro atoms. The number of aliphatic hydroxyl groups excluding tert-OH is 3. The molecule has 122 valence electrons. The van der Waals surface area contributed by atoms with Crippen molar-refractivity contribution < 1.29 is 25.2 Å². The molecule has 0 aromatic carbocycles. The van der Waals surface area contributed by atoms with Crippen molar-refractivity contribution in [1.82, 2.24) is 0 Å². The Hall–Kier alpha value is -0.910. The second-order valence-electron chi connectivity index (χ2n) is 6.12. The third kappa shape index (κ3) is 6.59. The van der Waals surface area contributed by atoms with E-state index in [1.165, 1.54) is 0 Å². The van der Waals surface area contributed by atoms with Gasteiger partial charge in [0.1, 0.15) is 0 Å². The zero-order chi connectivity index (χ0) is 15.8. The van der Waals surface area contributed by atoms with Gasteiger partial charge in [-0.05, 0) is 57.3 Å². The minimum atomic E-state index is -0.782. The van der Waals surface area contributed by atoms with E-state index in [0.717, 1.165) is 6.42 Å². The van der Waals surface area contributed by atoms with Crippen molar-refractivity contribution in [3.05, 3.63) is 12.2 Å². The fourth-order valence-corrected chi connectivity index (χ4v) is 3.08. The summed E-state index contributed by atoms with van der Waals surface area (Å²) >= 11 is 0. The SMILES string of the molecule is C[C@H](O)CC[C@@H]1C(C/C=C\CCCC(=O)O)[C@@H](O)C[C@H]1O. The third-order valence-corrected chi connectivity index (χ3v) is 4.28. The number of allylic oxidation sites excluding steroid dienone is 2. The number of carboxylic acid groups (broad SMARTS) is 1. The van der Waals surface area contributed by atoms with Gasteiger partial charge in [-0.2, -0.15) is 0 Å². The van der Waals surface area contributed by atoms with Crippen molar-refractivity contribution in [3.8, 4) is 0 Å². The lowest BCUT2D eigenvalue weighted by atomic mass is 9.86. The van der Waals surface area contributed by atoms with Crippen LogP contribution in [0.25, 0.3) is 0 Å². The number of hydrogen-bond acceptors (Lipinski definition) is 4. The van der Waals surface area contributed by atoms with Crippen LogP contribution in [-0.2, 0) is 4.79 Å². The van der Waals surface area contributed by atoms with Crippen LogP contribution in [0.15, 0.2) is 12.2 Å². The van der Waals surface area contributed by atoms with E-state index in [1.807, 2.05) is 12.2 Å². The first-order valence-electron chi connectivity index (χ1n) is 7.82. The summed E-state index contributed by atoms with van der Waals surface area (Å²) in [6, 6.07) is 0. The molecule has 0 bridgehead atoms. The summed E-state index contributed by atoms with van der Waals surface area (Å²) in [5.41, 5.74) is 0. The van der Waals surface area contributed by atoms with E-state index in [9.17, 15) is 20.1 Å². The van der Waals surface area contributed by atoms with Gasteiger partial charge in [0.2, 0.25) is 0 Å². The number of carboxylic acids is 1. The van der Waals surface area contributed by atoms with E-state index in [2.05, 4.69) is 0 Å². The molecule has 1 fully saturated rings. The zero-order valence-corrected chi connectivity index (χ0v) is 12.7. The molecule has 1 aliphatic carbocycles. The van der Waals surface area contributed by atoms with Gasteiger partial charge in [-0.3, -0.25) is 4.79 Å². The predicted octanol–water partition coefficient (Wildman–Crippen LogP) is 1.71. The van der Waals surface area contributed by atoms with E-state index in [1.54, 1.807) is 6.92 Å². The molecule has 0 amide bonds. The van der Waals surface area contributed by atoms with Gasteiger partial charge in [0.05, 0.1) is 18.3 Å². The van der Waals surface area contributed by atoms with E-state index < -0.39 is 18.2 Å². The van der Waals surface area contributed by atoms with Gasteiger partial charge in [0, 0.05) is 6.42 Å². The van der Waals surface area contributed by atoms with Gasteiger partial charge >= 0.3 is 5.97 Å². The molecule has 0 aromatic heterocycles. The van der Waals surface area contributed by atoms with Gasteiger partial charge in [-0.15, -0.1) is 0 Å². The minimum Gasteiger partial charge on any atom is -0.481 e. The first kappa shape index (κ1) is 18.1. The molecule has 1 unspecified atom stereocenters. The molecule has 21 heavy (non-hydrogen) atoms. The predicted molar refractivity (Wildman–Crippen MR) is 79.8 cm³/mol. The molecule has 0 aromatic rings. The summed E-state index contributed by atoms with van der Waals surface area (Å²) in [5.74, 6) is -0.733. The third-order valence-electron chi connectivity index (χ3n) is 4.28. The van der Waals surface area contributed by atoms with Crippen LogP contribution in [0, 0.1) is 11.8 Å². The van der Waals surface area contributed by atoms with Crippen molar-refractivity contribution in [2.45, 2.75) is 70.2 Å². The number of aliphatic hydroxyl groups is 3. The van der Waals surface area contributed by atoms with Gasteiger partial charge < -0.3 is 20.4 Å². The van der Waals surface area contributed by atoms with Crippen LogP contribution in [-0.4, -0.2) is 44.7 Å². The largest absolute Gasteiger partial charge is 0.481 e. The molecule has 5 atom stereocenters. The maximum absolute atomic E-state index is 10.4. The van der Waals surface area contributed by atoms with Crippen LogP contribution < -0.4 is 0 Å². The quantitative estimate of drug-likeness (QED) is 0.384. The Morgan fingerprint density at radius 2 is 1.90 bits per heavy atom. The molecule has 0 radical (unpaired) electrons. The number of carbonyl (C=O) groups is 1. The van der Waals surface area contributed by atoms with Crippen molar-refractivity contribution in [3.63, 3.8) is 0 Å². The molecule has 1 aliphatic rings. The number of hydrogen-bond donors (Lipinski definition) is 4. The van der Waals surface area contributed by atoms with Gasteiger partial charge in [0.15, 0.2) is 0 Å². The van der Waals surface area contributed by atoms with Gasteiger partial charge in [-0.25, -0.2) is 0 Å². The summed E-state index contributed by atoms with van der Waals surface area (Å²) in [6.45, 7) is 1.73. The fourth-order valence-electron chi connectivity index (χ4n) is 3.08. The van der Waals surface area contributed by atoms with Crippen LogP contribution >= 0.6 is 0 Å². The maximum Gasteiger partial charge on any atom is 0.303 e. The monoisotopic (exact) mass is 300 g/mol. The highest BCUT2D eigenvalue weighted by Crippen LogP contribution is 2.38. The molecule has 1 saturated carbocycles. The Bertz CT molecular complexity index is 340. The number of rotatable bonds is 9. The van der Waals surface area contributed by atoms with Gasteiger partial charge in [0.25, 0.3) is 0 Å². The lowest BCUT2D eigenvalue weighted by molar-refractivity contribution is -0.137. The van der Waals surface area contributed by atoms with E-state index in [4.69, 9.17) is 5.11 Å². The molecule has 0 aliphatic heterocycles. The molecular formula is C16H28O5. The average molecular weight is 300 g/mol. The summed E-state index contributed by atoms with van der Waals surface area (Å²) in [7, 11) is 0. The second-order valence-corrected chi connectivity index (χ2v) is 6.12. The molecule has 4 N–H and O–H groups in total. The maximum atomic E-state index is 10.4. The standard InChI is InChI=1S/C16H28O5/c1-11(17)8-9-13-12(14(18)10-15(13)19)6-4-2-3-5-7-16(20)21/h2,4,11-15,17-19H,3,5-10H2,1H3,(H,20,21)/b4-2-/t11-,12?,13+,14-,15+/m0/s1. The van der Waals surface area contributed by atoms with Crippen LogP contribution in [0.3, 0.4) is 0 Å². The summed E-state index contributed by atoms with van der Waals surface area (Å²) in [6.07, 6.45) is 6.50. The van der Waals surface area contributed by atoms with Crippen molar-refractivity contribution in [2.24, 2.45) is 11.8 Å². The molecule has 0 saturated heterocycles. The normalized spacial score (nSPS) is 30.9. The Kier molecular flexibility index (Phi) is 7.93. The van der Waals surface area contributed by atoms with Crippen LogP contribution in [0.5, 0.6) is 0 Å². The van der Waals surface area contributed by atoms with Crippen molar-refractivity contribution in [2.75, 3.05) is 0 Å². The first-order valence-corrected chi connectivity index (χ1v) is 7.82. The minimum absolute atomic E-state index is 0.0227. The smallest absolute Gasteiger partial charge is 0.303 e. The first-order chi connectivity index (χ1) is 9.91. The number of aliphatic carboxylic acids is 1. The molecule has 5 heteroatoms. The molecule has 0 heterocycles. The van der Waals surface area contributed by atoms with Crippen molar-refractivity contribution >= 4 is 5.97 Å². The lowest BCUT2D eigenvalue weighted by Crippen LogP contribution is -2.23. The Morgan fingerprint density at radius 1 is 1.24 bits per heavy atom. The summed E-state index contributed by atoms with van der Waals surface area (Å²) < 4.78 is 0. The summed E-state index contributed by atoms with van der Waals surface area (Å²) in [5, 5.41) is 38.0. The van der Waals surface area contributed by atoms with Crippen LogP contribution in [0.1, 0.15) is 51.9 Å². The van der Waals surface area contributed by atoms with E-state index >= 15 is 0 Å². The highest BCUT2D eigenvalue weighted by Gasteiger charge is 2.40. The zero-order valence-electron chi connectivity index (χ0n) is 12.7. The lowest BCUT2D eigenvalue weighted by Gasteiger charge is -2.23. The Labute approximate surface area is 126 Å². The highest BCUT2D eigenvalue weighted by molar-refractivity contribution is 5.66. The van der Waals surface area contributed by atoms with Gasteiger partial charge in [-0.1, -0.05) is 12.2 Å². The average Bonchev–Trinajstić information content (AvgIpc) is 2.65. The highest BCUT2D eigenvalue weighted by atomic mass is 16.4. The second kappa shape index (κ2) is 9.18. The Morgan fingerprint density at radius 3 is 2.52 bits per heavy atom. The molecule has 1 rings (SSSR count). The van der Waals surface area contributed by atoms with Crippen molar-refractivity contribution in [1.29, 1.82) is 0 Å². The van der Waals surface area contributed by atoms with E-state index in [0.29, 0.717) is 32.1 Å². The Balaban J connectivity index is 2.38. The molecular weight excluding hydrogens is 272 g/mol.